The average Bonchev–Trinajstić information content (AvgIpc) is 3.05. The number of rotatable bonds is 9. The Hall–Kier alpha value is -2.06. The lowest BCUT2D eigenvalue weighted by Crippen LogP contribution is -2.27. The maximum absolute atomic E-state index is 13.3. The molecular weight excluding hydrogens is 345 g/mol. The van der Waals surface area contributed by atoms with Crippen LogP contribution in [-0.2, 0) is 12.7 Å². The van der Waals surface area contributed by atoms with Gasteiger partial charge in [-0.05, 0) is 38.7 Å². The highest BCUT2D eigenvalue weighted by molar-refractivity contribution is 5.65. The first-order chi connectivity index (χ1) is 12.3. The van der Waals surface area contributed by atoms with Crippen LogP contribution in [0.1, 0.15) is 24.5 Å². The smallest absolute Gasteiger partial charge is 0.416 e. The lowest BCUT2D eigenvalue weighted by atomic mass is 10.0. The molecule has 0 fully saturated rings. The van der Waals surface area contributed by atoms with Crippen LogP contribution in [0.5, 0.6) is 5.75 Å². The Morgan fingerprint density at radius 2 is 2.04 bits per heavy atom. The van der Waals surface area contributed by atoms with Crippen molar-refractivity contribution >= 4 is 0 Å². The van der Waals surface area contributed by atoms with E-state index in [0.717, 1.165) is 37.2 Å². The molecule has 8 heteroatoms. The van der Waals surface area contributed by atoms with Crippen LogP contribution in [0.15, 0.2) is 24.4 Å². The summed E-state index contributed by atoms with van der Waals surface area (Å²) in [5.41, 5.74) is 1.00. The van der Waals surface area contributed by atoms with Gasteiger partial charge in [-0.1, -0.05) is 6.92 Å². The Kier molecular flexibility index (Phi) is 7.05. The summed E-state index contributed by atoms with van der Waals surface area (Å²) in [6.07, 6.45) is -2.01. The van der Waals surface area contributed by atoms with Gasteiger partial charge in [0.25, 0.3) is 0 Å². The van der Waals surface area contributed by atoms with Gasteiger partial charge in [-0.2, -0.15) is 18.3 Å². The van der Waals surface area contributed by atoms with E-state index in [9.17, 15) is 13.2 Å². The molecule has 144 valence electrons. The van der Waals surface area contributed by atoms with Gasteiger partial charge in [0.05, 0.1) is 17.9 Å². The van der Waals surface area contributed by atoms with Crippen molar-refractivity contribution in [2.45, 2.75) is 26.1 Å². The maximum atomic E-state index is 13.3. The molecule has 26 heavy (non-hydrogen) atoms. The van der Waals surface area contributed by atoms with E-state index in [4.69, 9.17) is 4.74 Å². The van der Waals surface area contributed by atoms with Gasteiger partial charge in [0.15, 0.2) is 0 Å². The van der Waals surface area contributed by atoms with Gasteiger partial charge in [-0.3, -0.25) is 5.10 Å². The normalized spacial score (nSPS) is 12.0. The first-order valence-electron chi connectivity index (χ1n) is 8.56. The third-order valence-corrected chi connectivity index (χ3v) is 3.88. The highest BCUT2D eigenvalue weighted by atomic mass is 19.4. The second-order valence-corrected chi connectivity index (χ2v) is 6.19. The van der Waals surface area contributed by atoms with E-state index in [-0.39, 0.29) is 5.75 Å². The molecule has 1 aromatic heterocycles. The van der Waals surface area contributed by atoms with Crippen molar-refractivity contribution in [3.8, 4) is 17.0 Å². The second kappa shape index (κ2) is 9.05. The molecule has 2 rings (SSSR count). The van der Waals surface area contributed by atoms with Gasteiger partial charge in [0, 0.05) is 37.0 Å². The molecule has 0 aliphatic rings. The van der Waals surface area contributed by atoms with Crippen molar-refractivity contribution in [1.82, 2.24) is 20.4 Å². The van der Waals surface area contributed by atoms with Gasteiger partial charge in [-0.15, -0.1) is 0 Å². The zero-order valence-electron chi connectivity index (χ0n) is 15.3. The molecule has 0 bridgehead atoms. The molecule has 0 radical (unpaired) electrons. The number of hydrogen-bond donors (Lipinski definition) is 2. The van der Waals surface area contributed by atoms with Crippen molar-refractivity contribution in [3.05, 3.63) is 35.5 Å². The molecule has 0 saturated heterocycles. The number of nitrogens with zero attached hydrogens (tertiary/aromatic N) is 2. The standard InChI is InChI=1S/C18H25F3N4O/c1-4-7-26-16-9-13(8-15(10-16)18(19,20)21)17-14(11-23-24-17)12-25(3)6-5-22-2/h8-11,22H,4-7,12H2,1-3H3,(H,23,24). The molecule has 1 aromatic carbocycles. The third kappa shape index (κ3) is 5.47. The van der Waals surface area contributed by atoms with Crippen molar-refractivity contribution in [1.29, 1.82) is 0 Å². The molecular formula is C18H25F3N4O. The van der Waals surface area contributed by atoms with Gasteiger partial charge >= 0.3 is 6.18 Å². The lowest BCUT2D eigenvalue weighted by Gasteiger charge is -2.17. The predicted octanol–water partition coefficient (Wildman–Crippen LogP) is 3.54. The number of alkyl halides is 3. The topological polar surface area (TPSA) is 53.2 Å². The van der Waals surface area contributed by atoms with Crippen LogP contribution >= 0.6 is 0 Å². The highest BCUT2D eigenvalue weighted by Crippen LogP contribution is 2.36. The Balaban J connectivity index is 2.34. The second-order valence-electron chi connectivity index (χ2n) is 6.19. The van der Waals surface area contributed by atoms with E-state index in [0.29, 0.717) is 24.4 Å². The van der Waals surface area contributed by atoms with Gasteiger partial charge in [-0.25, -0.2) is 0 Å². The fourth-order valence-corrected chi connectivity index (χ4v) is 2.56. The monoisotopic (exact) mass is 370 g/mol. The minimum Gasteiger partial charge on any atom is -0.494 e. The van der Waals surface area contributed by atoms with E-state index in [1.807, 2.05) is 21.0 Å². The van der Waals surface area contributed by atoms with Gasteiger partial charge < -0.3 is 15.0 Å². The van der Waals surface area contributed by atoms with Crippen LogP contribution in [0.3, 0.4) is 0 Å². The summed E-state index contributed by atoms with van der Waals surface area (Å²) in [7, 11) is 3.83. The molecule has 5 nitrogen and oxygen atoms in total. The summed E-state index contributed by atoms with van der Waals surface area (Å²) in [5, 5.41) is 10.0. The highest BCUT2D eigenvalue weighted by Gasteiger charge is 2.32. The maximum Gasteiger partial charge on any atom is 0.416 e. The fraction of sp³-hybridized carbons (Fsp3) is 0.500. The van der Waals surface area contributed by atoms with Crippen LogP contribution < -0.4 is 10.1 Å². The Morgan fingerprint density at radius 1 is 1.27 bits per heavy atom. The molecule has 2 aromatic rings. The Morgan fingerprint density at radius 3 is 2.69 bits per heavy atom. The number of halogens is 3. The van der Waals surface area contributed by atoms with Crippen molar-refractivity contribution in [3.63, 3.8) is 0 Å². The predicted molar refractivity (Wildman–Crippen MR) is 95.1 cm³/mol. The molecule has 0 amide bonds. The number of likely N-dealkylation sites (N-methyl/N-ethyl adjacent to an activating group) is 2. The molecule has 0 saturated carbocycles. The van der Waals surface area contributed by atoms with Crippen LogP contribution in [-0.4, -0.2) is 48.9 Å². The van der Waals surface area contributed by atoms with Crippen molar-refractivity contribution < 1.29 is 17.9 Å². The Bertz CT molecular complexity index is 700. The third-order valence-electron chi connectivity index (χ3n) is 3.88. The molecule has 0 spiro atoms. The minimum atomic E-state index is -4.44. The fourth-order valence-electron chi connectivity index (χ4n) is 2.56. The number of benzene rings is 1. The molecule has 1 heterocycles. The molecule has 2 N–H and O–H groups in total. The molecule has 0 aliphatic heterocycles. The van der Waals surface area contributed by atoms with E-state index in [1.165, 1.54) is 0 Å². The summed E-state index contributed by atoms with van der Waals surface area (Å²) in [5.74, 6) is 0.203. The number of H-pyrrole nitrogens is 1. The zero-order chi connectivity index (χ0) is 19.2. The number of aromatic nitrogens is 2. The van der Waals surface area contributed by atoms with Gasteiger partial charge in [0.1, 0.15) is 5.75 Å². The largest absolute Gasteiger partial charge is 0.494 e. The number of ether oxygens (including phenoxy) is 1. The lowest BCUT2D eigenvalue weighted by molar-refractivity contribution is -0.137. The van der Waals surface area contributed by atoms with E-state index in [1.54, 1.807) is 12.3 Å². The minimum absolute atomic E-state index is 0.203. The van der Waals surface area contributed by atoms with Crippen LogP contribution in [0, 0.1) is 0 Å². The van der Waals surface area contributed by atoms with Crippen LogP contribution in [0.25, 0.3) is 11.3 Å². The first-order valence-corrected chi connectivity index (χ1v) is 8.56. The molecule has 0 atom stereocenters. The quantitative estimate of drug-likeness (QED) is 0.709. The summed E-state index contributed by atoms with van der Waals surface area (Å²) in [6, 6.07) is 3.76. The van der Waals surface area contributed by atoms with Crippen molar-refractivity contribution in [2.75, 3.05) is 33.8 Å². The summed E-state index contributed by atoms with van der Waals surface area (Å²) in [4.78, 5) is 2.08. The molecule has 0 unspecified atom stereocenters. The average molecular weight is 370 g/mol. The summed E-state index contributed by atoms with van der Waals surface area (Å²) >= 11 is 0. The number of nitrogens with one attached hydrogen (secondary N) is 2. The van der Waals surface area contributed by atoms with Gasteiger partial charge in [0.2, 0.25) is 0 Å². The van der Waals surface area contributed by atoms with E-state index < -0.39 is 11.7 Å². The van der Waals surface area contributed by atoms with E-state index >= 15 is 0 Å². The molecule has 0 aliphatic carbocycles. The summed E-state index contributed by atoms with van der Waals surface area (Å²) in [6.45, 7) is 4.48. The van der Waals surface area contributed by atoms with E-state index in [2.05, 4.69) is 20.4 Å². The number of hydrogen-bond acceptors (Lipinski definition) is 4. The summed E-state index contributed by atoms with van der Waals surface area (Å²) < 4.78 is 45.2. The Labute approximate surface area is 151 Å². The van der Waals surface area contributed by atoms with Crippen LogP contribution in [0.4, 0.5) is 13.2 Å². The first kappa shape index (κ1) is 20.3. The van der Waals surface area contributed by atoms with Crippen LogP contribution in [0.2, 0.25) is 0 Å². The zero-order valence-corrected chi connectivity index (χ0v) is 15.3. The SMILES string of the molecule is CCCOc1cc(-c2n[nH]cc2CN(C)CCNC)cc(C(F)(F)F)c1. The van der Waals surface area contributed by atoms with Crippen molar-refractivity contribution in [2.24, 2.45) is 0 Å². The number of aromatic amines is 1.